The predicted octanol–water partition coefficient (Wildman–Crippen LogP) is 2.31. The van der Waals surface area contributed by atoms with Crippen LogP contribution in [0.5, 0.6) is 0 Å². The summed E-state index contributed by atoms with van der Waals surface area (Å²) in [6.45, 7) is 2.85. The van der Waals surface area contributed by atoms with Crippen LogP contribution in [0.4, 0.5) is 0 Å². The van der Waals surface area contributed by atoms with Crippen molar-refractivity contribution < 1.29 is 8.42 Å². The Balaban J connectivity index is 2.16. The highest BCUT2D eigenvalue weighted by Gasteiger charge is 2.06. The quantitative estimate of drug-likeness (QED) is 0.322. The fourth-order valence-corrected chi connectivity index (χ4v) is 3.37. The lowest BCUT2D eigenvalue weighted by molar-refractivity contribution is 0.389. The molecule has 0 aromatic heterocycles. The summed E-state index contributed by atoms with van der Waals surface area (Å²) in [5, 5.41) is 6.65. The third-order valence-corrected chi connectivity index (χ3v) is 5.48. The summed E-state index contributed by atoms with van der Waals surface area (Å²) in [4.78, 5) is 6.83. The largest absolute Gasteiger partial charge is 0.356 e. The van der Waals surface area contributed by atoms with Crippen LogP contribution in [0.1, 0.15) is 37.7 Å². The zero-order valence-corrected chi connectivity index (χ0v) is 18.1. The average Bonchev–Trinajstić information content (AvgIpc) is 2.61. The van der Waals surface area contributed by atoms with Crippen LogP contribution in [0.15, 0.2) is 34.2 Å². The number of guanidine groups is 1. The molecule has 0 bridgehead atoms. The van der Waals surface area contributed by atoms with Crippen LogP contribution in [-0.4, -0.2) is 66.3 Å². The van der Waals surface area contributed by atoms with Crippen molar-refractivity contribution in [3.8, 4) is 0 Å². The van der Waals surface area contributed by atoms with Gasteiger partial charge in [0.15, 0.2) is 15.8 Å². The van der Waals surface area contributed by atoms with Crippen LogP contribution in [-0.2, 0) is 16.3 Å². The van der Waals surface area contributed by atoms with Gasteiger partial charge in [-0.15, -0.1) is 0 Å². The number of aliphatic imine (C=N–C) groups is 1. The second kappa shape index (κ2) is 12.7. The summed E-state index contributed by atoms with van der Waals surface area (Å²) in [6.07, 6.45) is 8.28. The molecule has 0 saturated carbocycles. The number of benzene rings is 1. The molecule has 0 fully saturated rings. The first-order valence-electron chi connectivity index (χ1n) is 9.71. The van der Waals surface area contributed by atoms with Gasteiger partial charge in [0.2, 0.25) is 0 Å². The Hall–Kier alpha value is -1.60. The molecule has 0 aliphatic rings. The van der Waals surface area contributed by atoms with Gasteiger partial charge in [-0.25, -0.2) is 8.42 Å². The summed E-state index contributed by atoms with van der Waals surface area (Å²) in [7, 11) is 2.88. The van der Waals surface area contributed by atoms with E-state index in [-0.39, 0.29) is 0 Å². The van der Waals surface area contributed by atoms with Crippen LogP contribution in [0.25, 0.3) is 0 Å². The maximum Gasteiger partial charge on any atom is 0.190 e. The molecular weight excluding hydrogens is 360 g/mol. The maximum absolute atomic E-state index is 11.5. The molecule has 7 heteroatoms. The third kappa shape index (κ3) is 11.0. The zero-order chi connectivity index (χ0) is 20.1. The lowest BCUT2D eigenvalue weighted by Gasteiger charge is -2.12. The minimum atomic E-state index is -3.13. The highest BCUT2D eigenvalue weighted by molar-refractivity contribution is 7.90. The van der Waals surface area contributed by atoms with Crippen molar-refractivity contribution in [3.63, 3.8) is 0 Å². The monoisotopic (exact) mass is 396 g/mol. The summed E-state index contributed by atoms with van der Waals surface area (Å²) in [5.41, 5.74) is 1.10. The van der Waals surface area contributed by atoms with Crippen LogP contribution >= 0.6 is 0 Å². The van der Waals surface area contributed by atoms with Crippen molar-refractivity contribution in [1.82, 2.24) is 15.5 Å². The van der Waals surface area contributed by atoms with Gasteiger partial charge in [-0.3, -0.25) is 4.99 Å². The van der Waals surface area contributed by atoms with Crippen molar-refractivity contribution >= 4 is 15.8 Å². The van der Waals surface area contributed by atoms with Crippen LogP contribution in [0.2, 0.25) is 0 Å². The molecular formula is C20H36N4O2S. The molecule has 0 spiro atoms. The van der Waals surface area contributed by atoms with Gasteiger partial charge in [-0.05, 0) is 57.6 Å². The highest BCUT2D eigenvalue weighted by Crippen LogP contribution is 2.10. The molecule has 0 aliphatic carbocycles. The lowest BCUT2D eigenvalue weighted by Crippen LogP contribution is -2.38. The van der Waals surface area contributed by atoms with Crippen LogP contribution in [0, 0.1) is 0 Å². The Morgan fingerprint density at radius 3 is 2.15 bits per heavy atom. The molecule has 27 heavy (non-hydrogen) atoms. The molecule has 6 nitrogen and oxygen atoms in total. The number of rotatable bonds is 12. The van der Waals surface area contributed by atoms with Crippen molar-refractivity contribution in [2.75, 3.05) is 47.0 Å². The van der Waals surface area contributed by atoms with E-state index in [1.54, 1.807) is 19.2 Å². The SMILES string of the molecule is CN=C(NCCCCCCCN(C)C)NCCc1ccc(S(C)(=O)=O)cc1. The fraction of sp³-hybridized carbons (Fsp3) is 0.650. The second-order valence-corrected chi connectivity index (χ2v) is 9.18. The van der Waals surface area contributed by atoms with E-state index in [0.29, 0.717) is 4.90 Å². The zero-order valence-electron chi connectivity index (χ0n) is 17.3. The highest BCUT2D eigenvalue weighted by atomic mass is 32.2. The smallest absolute Gasteiger partial charge is 0.190 e. The second-order valence-electron chi connectivity index (χ2n) is 7.16. The minimum Gasteiger partial charge on any atom is -0.356 e. The van der Waals surface area contributed by atoms with Gasteiger partial charge in [-0.1, -0.05) is 31.4 Å². The lowest BCUT2D eigenvalue weighted by atomic mass is 10.1. The number of sulfone groups is 1. The standard InChI is InChI=1S/C20H36N4O2S/c1-21-20(22-15-8-6-5-7-9-17-24(2)3)23-16-14-18-10-12-19(13-11-18)27(4,25)26/h10-13H,5-9,14-17H2,1-4H3,(H2,21,22,23). The number of unbranched alkanes of at least 4 members (excludes halogenated alkanes) is 4. The molecule has 0 atom stereocenters. The molecule has 0 aliphatic heterocycles. The fourth-order valence-electron chi connectivity index (χ4n) is 2.74. The van der Waals surface area contributed by atoms with Gasteiger partial charge < -0.3 is 15.5 Å². The Kier molecular flexibility index (Phi) is 11.0. The van der Waals surface area contributed by atoms with Crippen LogP contribution in [0.3, 0.4) is 0 Å². The van der Waals surface area contributed by atoms with E-state index in [9.17, 15) is 8.42 Å². The molecule has 1 aromatic carbocycles. The topological polar surface area (TPSA) is 73.8 Å². The number of nitrogens with one attached hydrogen (secondary N) is 2. The Morgan fingerprint density at radius 2 is 1.56 bits per heavy atom. The van der Waals surface area contributed by atoms with E-state index >= 15 is 0 Å². The van der Waals surface area contributed by atoms with Gasteiger partial charge in [0.1, 0.15) is 0 Å². The Bertz CT molecular complexity index is 655. The van der Waals surface area contributed by atoms with E-state index in [2.05, 4.69) is 34.6 Å². The first kappa shape index (κ1) is 23.4. The van der Waals surface area contributed by atoms with E-state index < -0.39 is 9.84 Å². The normalized spacial score (nSPS) is 12.4. The molecule has 0 saturated heterocycles. The van der Waals surface area contributed by atoms with E-state index in [1.165, 1.54) is 38.5 Å². The van der Waals surface area contributed by atoms with Gasteiger partial charge in [0.05, 0.1) is 4.90 Å². The number of nitrogens with zero attached hydrogens (tertiary/aromatic N) is 2. The van der Waals surface area contributed by atoms with Crippen molar-refractivity contribution in [1.29, 1.82) is 0 Å². The summed E-state index contributed by atoms with van der Waals surface area (Å²) in [6, 6.07) is 7.06. The van der Waals surface area contributed by atoms with Gasteiger partial charge in [0, 0.05) is 26.4 Å². The third-order valence-electron chi connectivity index (χ3n) is 4.36. The summed E-state index contributed by atoms with van der Waals surface area (Å²) < 4.78 is 22.9. The molecule has 2 N–H and O–H groups in total. The molecule has 1 aromatic rings. The molecule has 0 heterocycles. The first-order valence-corrected chi connectivity index (χ1v) is 11.6. The molecule has 154 valence electrons. The van der Waals surface area contributed by atoms with Crippen molar-refractivity contribution in [2.24, 2.45) is 4.99 Å². The number of hydrogen-bond donors (Lipinski definition) is 2. The maximum atomic E-state index is 11.5. The Morgan fingerprint density at radius 1 is 0.963 bits per heavy atom. The minimum absolute atomic E-state index is 0.360. The van der Waals surface area contributed by atoms with E-state index in [4.69, 9.17) is 0 Å². The molecule has 0 amide bonds. The van der Waals surface area contributed by atoms with E-state index in [0.717, 1.165) is 37.5 Å². The van der Waals surface area contributed by atoms with Crippen LogP contribution < -0.4 is 10.6 Å². The van der Waals surface area contributed by atoms with Crippen molar-refractivity contribution in [2.45, 2.75) is 43.4 Å². The summed E-state index contributed by atoms with van der Waals surface area (Å²) >= 11 is 0. The van der Waals surface area contributed by atoms with E-state index in [1.807, 2.05) is 12.1 Å². The van der Waals surface area contributed by atoms with Gasteiger partial charge in [0.25, 0.3) is 0 Å². The Labute approximate surface area is 165 Å². The molecule has 0 unspecified atom stereocenters. The van der Waals surface area contributed by atoms with Crippen molar-refractivity contribution in [3.05, 3.63) is 29.8 Å². The van der Waals surface area contributed by atoms with Gasteiger partial charge >= 0.3 is 0 Å². The first-order chi connectivity index (χ1) is 12.8. The summed E-state index contributed by atoms with van der Waals surface area (Å²) in [5.74, 6) is 0.815. The molecule has 0 radical (unpaired) electrons. The van der Waals surface area contributed by atoms with Gasteiger partial charge in [-0.2, -0.15) is 0 Å². The average molecular weight is 397 g/mol. The number of hydrogen-bond acceptors (Lipinski definition) is 4. The molecule has 1 rings (SSSR count). The predicted molar refractivity (Wildman–Crippen MR) is 114 cm³/mol.